The molecule has 3 rings (SSSR count). The van der Waals surface area contributed by atoms with Crippen LogP contribution in [0.5, 0.6) is 0 Å². The van der Waals surface area contributed by atoms with E-state index in [0.717, 1.165) is 22.9 Å². The molecular weight excluding hydrogens is 500 g/mol. The predicted molar refractivity (Wildman–Crippen MR) is 111 cm³/mol. The highest BCUT2D eigenvalue weighted by Gasteiger charge is 2.53. The van der Waals surface area contributed by atoms with E-state index in [0.29, 0.717) is 5.69 Å². The van der Waals surface area contributed by atoms with Gasteiger partial charge in [0.15, 0.2) is 5.69 Å². The molecule has 0 aliphatic carbocycles. The van der Waals surface area contributed by atoms with Gasteiger partial charge in [-0.05, 0) is 12.1 Å². The number of aromatic nitrogens is 2. The highest BCUT2D eigenvalue weighted by atomic mass is 19.4. The smallest absolute Gasteiger partial charge is 0.435 e. The Morgan fingerprint density at radius 2 is 1.67 bits per heavy atom. The van der Waals surface area contributed by atoms with Crippen molar-refractivity contribution in [2.24, 2.45) is 11.8 Å². The number of hydrogen-bond donors (Lipinski definition) is 2. The molecule has 3 amide bonds. The van der Waals surface area contributed by atoms with E-state index in [1.165, 1.54) is 12.1 Å². The minimum absolute atomic E-state index is 0.294. The Morgan fingerprint density at radius 1 is 1.03 bits per heavy atom. The van der Waals surface area contributed by atoms with Crippen LogP contribution in [0.3, 0.4) is 0 Å². The second kappa shape index (κ2) is 10.5. The van der Waals surface area contributed by atoms with E-state index in [2.05, 4.69) is 20.5 Å². The van der Waals surface area contributed by atoms with Gasteiger partial charge in [-0.1, -0.05) is 18.2 Å². The first-order valence-electron chi connectivity index (χ1n) is 10.5. The molecule has 1 aliphatic heterocycles. The quantitative estimate of drug-likeness (QED) is 0.346. The fourth-order valence-electron chi connectivity index (χ4n) is 3.71. The van der Waals surface area contributed by atoms with E-state index in [9.17, 15) is 40.7 Å². The average Bonchev–Trinajstić information content (AvgIpc) is 3.47. The minimum atomic E-state index is -4.91. The van der Waals surface area contributed by atoms with Crippen molar-refractivity contribution in [2.45, 2.75) is 12.4 Å². The summed E-state index contributed by atoms with van der Waals surface area (Å²) in [5.41, 5.74) is -1.86. The second-order valence-corrected chi connectivity index (χ2v) is 7.84. The largest absolute Gasteiger partial charge is 0.469 e. The molecule has 1 fully saturated rings. The van der Waals surface area contributed by atoms with Gasteiger partial charge < -0.3 is 20.3 Å². The van der Waals surface area contributed by atoms with E-state index in [4.69, 9.17) is 0 Å². The first-order valence-corrected chi connectivity index (χ1v) is 10.5. The summed E-state index contributed by atoms with van der Waals surface area (Å²) in [7, 11) is 0.939. The number of nitrogens with one attached hydrogen (secondary N) is 2. The van der Waals surface area contributed by atoms with Gasteiger partial charge in [0.1, 0.15) is 0 Å². The van der Waals surface area contributed by atoms with Crippen LogP contribution in [0.15, 0.2) is 36.5 Å². The van der Waals surface area contributed by atoms with Gasteiger partial charge in [0, 0.05) is 32.4 Å². The zero-order valence-corrected chi connectivity index (χ0v) is 18.7. The standard InChI is InChI=1S/C21H21F6N5O4/c1-36-18(34)13-9-31(11-15(13)20(22,23)24)19(35)29-8-7-28-17(33)14-10-32(12-5-3-2-4-6-12)30-16(14)21(25,26)27/h2-6,10,13,15H,7-9,11H2,1H3,(H,28,33)(H,29,35). The number of methoxy groups -OCH3 is 1. The molecule has 0 spiro atoms. The highest BCUT2D eigenvalue weighted by molar-refractivity contribution is 5.95. The summed E-state index contributed by atoms with van der Waals surface area (Å²) in [5, 5.41) is 7.94. The normalized spacial score (nSPS) is 18.1. The molecule has 2 heterocycles. The number of carbonyl (C=O) groups excluding carboxylic acids is 3. The number of amides is 3. The number of benzene rings is 1. The third-order valence-corrected chi connectivity index (χ3v) is 5.47. The number of alkyl halides is 6. The maximum absolute atomic E-state index is 13.4. The Balaban J connectivity index is 1.59. The van der Waals surface area contributed by atoms with Gasteiger partial charge in [-0.25, -0.2) is 9.48 Å². The van der Waals surface area contributed by atoms with Crippen LogP contribution in [-0.4, -0.2) is 72.1 Å². The van der Waals surface area contributed by atoms with Crippen LogP contribution < -0.4 is 10.6 Å². The molecule has 15 heteroatoms. The van der Waals surface area contributed by atoms with Gasteiger partial charge in [0.05, 0.1) is 30.2 Å². The van der Waals surface area contributed by atoms with Crippen LogP contribution in [0.1, 0.15) is 16.1 Å². The first kappa shape index (κ1) is 26.8. The number of urea groups is 1. The van der Waals surface area contributed by atoms with E-state index in [1.807, 2.05) is 0 Å². The van der Waals surface area contributed by atoms with E-state index in [-0.39, 0.29) is 13.1 Å². The number of ether oxygens (including phenoxy) is 1. The monoisotopic (exact) mass is 521 g/mol. The highest BCUT2D eigenvalue weighted by Crippen LogP contribution is 2.38. The van der Waals surface area contributed by atoms with Crippen molar-refractivity contribution in [1.29, 1.82) is 0 Å². The van der Waals surface area contributed by atoms with Gasteiger partial charge in [-0.15, -0.1) is 0 Å². The van der Waals surface area contributed by atoms with Gasteiger partial charge >= 0.3 is 24.4 Å². The van der Waals surface area contributed by atoms with Crippen molar-refractivity contribution in [3.8, 4) is 5.69 Å². The number of halogens is 6. The number of carbonyl (C=O) groups is 3. The lowest BCUT2D eigenvalue weighted by Gasteiger charge is -2.19. The van der Waals surface area contributed by atoms with Crippen molar-refractivity contribution in [3.05, 3.63) is 47.8 Å². The van der Waals surface area contributed by atoms with Gasteiger partial charge in [-0.3, -0.25) is 9.59 Å². The Bertz CT molecular complexity index is 1100. The van der Waals surface area contributed by atoms with E-state index >= 15 is 0 Å². The molecule has 2 aromatic rings. The van der Waals surface area contributed by atoms with Crippen molar-refractivity contribution in [2.75, 3.05) is 33.3 Å². The zero-order valence-electron chi connectivity index (χ0n) is 18.7. The number of rotatable bonds is 6. The van der Waals surface area contributed by atoms with Crippen molar-refractivity contribution >= 4 is 17.9 Å². The Morgan fingerprint density at radius 3 is 2.25 bits per heavy atom. The lowest BCUT2D eigenvalue weighted by Crippen LogP contribution is -2.42. The molecule has 1 aromatic carbocycles. The maximum atomic E-state index is 13.4. The molecule has 0 saturated carbocycles. The first-order chi connectivity index (χ1) is 16.8. The zero-order chi connectivity index (χ0) is 26.7. The Hall–Kier alpha value is -3.78. The van der Waals surface area contributed by atoms with Gasteiger partial charge in [-0.2, -0.15) is 31.4 Å². The number of para-hydroxylation sites is 1. The van der Waals surface area contributed by atoms with Crippen LogP contribution in [0, 0.1) is 11.8 Å². The Kier molecular flexibility index (Phi) is 7.79. The minimum Gasteiger partial charge on any atom is -0.469 e. The summed E-state index contributed by atoms with van der Waals surface area (Å²) in [6.07, 6.45) is -8.73. The second-order valence-electron chi connectivity index (χ2n) is 7.84. The number of nitrogens with zero attached hydrogens (tertiary/aromatic N) is 3. The molecule has 1 saturated heterocycles. The number of esters is 1. The molecule has 1 aliphatic rings. The van der Waals surface area contributed by atoms with Crippen molar-refractivity contribution in [1.82, 2.24) is 25.3 Å². The van der Waals surface area contributed by atoms with Crippen molar-refractivity contribution in [3.63, 3.8) is 0 Å². The summed E-state index contributed by atoms with van der Waals surface area (Å²) in [4.78, 5) is 37.1. The van der Waals surface area contributed by atoms with E-state index in [1.54, 1.807) is 18.2 Å². The molecule has 36 heavy (non-hydrogen) atoms. The molecule has 2 atom stereocenters. The fourth-order valence-corrected chi connectivity index (χ4v) is 3.71. The predicted octanol–water partition coefficient (Wildman–Crippen LogP) is 2.61. The van der Waals surface area contributed by atoms with Crippen LogP contribution in [-0.2, 0) is 15.7 Å². The van der Waals surface area contributed by atoms with Crippen LogP contribution in [0.2, 0.25) is 0 Å². The molecule has 1 aromatic heterocycles. The summed E-state index contributed by atoms with van der Waals surface area (Å²) in [5.74, 6) is -5.89. The molecule has 0 bridgehead atoms. The van der Waals surface area contributed by atoms with Crippen LogP contribution >= 0.6 is 0 Å². The van der Waals surface area contributed by atoms with Crippen LogP contribution in [0.25, 0.3) is 5.69 Å². The topological polar surface area (TPSA) is 106 Å². The van der Waals surface area contributed by atoms with Gasteiger partial charge in [0.25, 0.3) is 5.91 Å². The molecule has 9 nitrogen and oxygen atoms in total. The number of likely N-dealkylation sites (tertiary alicyclic amines) is 1. The third kappa shape index (κ3) is 6.07. The lowest BCUT2D eigenvalue weighted by atomic mass is 9.96. The van der Waals surface area contributed by atoms with Crippen LogP contribution in [0.4, 0.5) is 31.1 Å². The summed E-state index contributed by atoms with van der Waals surface area (Å²) in [6, 6.07) is 6.88. The third-order valence-electron chi connectivity index (χ3n) is 5.47. The fraction of sp³-hybridized carbons (Fsp3) is 0.429. The van der Waals surface area contributed by atoms with Crippen molar-refractivity contribution < 1.29 is 45.5 Å². The Labute approximate surface area is 200 Å². The average molecular weight is 521 g/mol. The molecular formula is C21H21F6N5O4. The molecule has 2 N–H and O–H groups in total. The molecule has 0 radical (unpaired) electrons. The number of hydrogen-bond acceptors (Lipinski definition) is 5. The summed E-state index contributed by atoms with van der Waals surface area (Å²) in [6.45, 7) is -1.91. The molecule has 2 unspecified atom stereocenters. The SMILES string of the molecule is COC(=O)C1CN(C(=O)NCCNC(=O)c2cn(-c3ccccc3)nc2C(F)(F)F)CC1C(F)(F)F. The lowest BCUT2D eigenvalue weighted by molar-refractivity contribution is -0.189. The molecule has 196 valence electrons. The summed E-state index contributed by atoms with van der Waals surface area (Å²) >= 11 is 0. The maximum Gasteiger partial charge on any atom is 0.435 e. The summed E-state index contributed by atoms with van der Waals surface area (Å²) < 4.78 is 85.2. The van der Waals surface area contributed by atoms with E-state index < -0.39 is 66.4 Å². The van der Waals surface area contributed by atoms with Gasteiger partial charge in [0.2, 0.25) is 0 Å².